The number of hydrogen-bond donors (Lipinski definition) is 0. The molecule has 0 N–H and O–H groups in total. The summed E-state index contributed by atoms with van der Waals surface area (Å²) in [5.74, 6) is 1.51. The molecule has 0 aliphatic heterocycles. The lowest BCUT2D eigenvalue weighted by atomic mass is 10.1. The molecule has 2 aromatic carbocycles. The first-order valence-corrected chi connectivity index (χ1v) is 6.64. The lowest BCUT2D eigenvalue weighted by molar-refractivity contribution is 0.322. The van der Waals surface area contributed by atoms with Crippen LogP contribution in [0.25, 0.3) is 0 Å². The summed E-state index contributed by atoms with van der Waals surface area (Å²) >= 11 is 5.75. The summed E-state index contributed by atoms with van der Waals surface area (Å²) in [4.78, 5) is 0. The molecule has 0 heterocycles. The Bertz CT molecular complexity index is 491. The van der Waals surface area contributed by atoms with E-state index in [1.807, 2.05) is 12.1 Å². The van der Waals surface area contributed by atoms with Crippen LogP contribution in [0.5, 0.6) is 5.75 Å². The maximum atomic E-state index is 5.75. The third-order valence-electron chi connectivity index (χ3n) is 2.83. The Hall–Kier alpha value is -1.47. The zero-order chi connectivity index (χ0) is 12.8. The van der Waals surface area contributed by atoms with Crippen molar-refractivity contribution in [1.82, 2.24) is 0 Å². The van der Waals surface area contributed by atoms with Crippen LogP contribution in [-0.4, -0.2) is 6.61 Å². The van der Waals surface area contributed by atoms with E-state index < -0.39 is 0 Å². The molecular weight excluding hydrogens is 244 g/mol. The predicted molar refractivity (Wildman–Crippen MR) is 76.4 cm³/mol. The van der Waals surface area contributed by atoms with Crippen LogP contribution in [0.2, 0.25) is 0 Å². The van der Waals surface area contributed by atoms with E-state index in [-0.39, 0.29) is 0 Å². The summed E-state index contributed by atoms with van der Waals surface area (Å²) in [6, 6.07) is 16.5. The van der Waals surface area contributed by atoms with Crippen LogP contribution in [0.15, 0.2) is 48.5 Å². The van der Waals surface area contributed by atoms with Crippen molar-refractivity contribution in [3.63, 3.8) is 0 Å². The van der Waals surface area contributed by atoms with Gasteiger partial charge in [0.1, 0.15) is 5.75 Å². The zero-order valence-electron chi connectivity index (χ0n) is 10.5. The fourth-order valence-corrected chi connectivity index (χ4v) is 1.97. The van der Waals surface area contributed by atoms with Crippen molar-refractivity contribution >= 4 is 11.6 Å². The largest absolute Gasteiger partial charge is 0.493 e. The summed E-state index contributed by atoms with van der Waals surface area (Å²) in [6.45, 7) is 2.77. The Morgan fingerprint density at radius 1 is 1.00 bits per heavy atom. The SMILES string of the molecule is Cc1cccc(OCCc2ccc(CCl)cc2)c1. The van der Waals surface area contributed by atoms with Crippen LogP contribution in [0.3, 0.4) is 0 Å². The number of hydrogen-bond acceptors (Lipinski definition) is 1. The molecule has 0 spiro atoms. The summed E-state index contributed by atoms with van der Waals surface area (Å²) in [5.41, 5.74) is 3.65. The van der Waals surface area contributed by atoms with Gasteiger partial charge in [0.25, 0.3) is 0 Å². The molecule has 0 radical (unpaired) electrons. The summed E-state index contributed by atoms with van der Waals surface area (Å²) in [5, 5.41) is 0. The van der Waals surface area contributed by atoms with Crippen molar-refractivity contribution in [3.8, 4) is 5.75 Å². The molecule has 0 atom stereocenters. The topological polar surface area (TPSA) is 9.23 Å². The van der Waals surface area contributed by atoms with Crippen LogP contribution in [0, 0.1) is 6.92 Å². The lowest BCUT2D eigenvalue weighted by Gasteiger charge is -2.07. The van der Waals surface area contributed by atoms with Gasteiger partial charge < -0.3 is 4.74 Å². The van der Waals surface area contributed by atoms with Gasteiger partial charge >= 0.3 is 0 Å². The van der Waals surface area contributed by atoms with E-state index in [1.54, 1.807) is 0 Å². The van der Waals surface area contributed by atoms with E-state index in [0.717, 1.165) is 17.7 Å². The Labute approximate surface area is 113 Å². The number of halogens is 1. The molecule has 0 amide bonds. The van der Waals surface area contributed by atoms with Gasteiger partial charge in [0.15, 0.2) is 0 Å². The highest BCUT2D eigenvalue weighted by Crippen LogP contribution is 2.13. The van der Waals surface area contributed by atoms with E-state index in [2.05, 4.69) is 43.3 Å². The van der Waals surface area contributed by atoms with Gasteiger partial charge in [0, 0.05) is 12.3 Å². The number of alkyl halides is 1. The minimum absolute atomic E-state index is 0.570. The molecule has 18 heavy (non-hydrogen) atoms. The second-order valence-electron chi connectivity index (χ2n) is 4.37. The van der Waals surface area contributed by atoms with E-state index >= 15 is 0 Å². The highest BCUT2D eigenvalue weighted by atomic mass is 35.5. The Morgan fingerprint density at radius 3 is 2.39 bits per heavy atom. The minimum Gasteiger partial charge on any atom is -0.493 e. The molecule has 2 aromatic rings. The van der Waals surface area contributed by atoms with Gasteiger partial charge in [-0.15, -0.1) is 11.6 Å². The Morgan fingerprint density at radius 2 is 1.72 bits per heavy atom. The van der Waals surface area contributed by atoms with E-state index in [4.69, 9.17) is 16.3 Å². The van der Waals surface area contributed by atoms with Gasteiger partial charge in [-0.2, -0.15) is 0 Å². The normalized spacial score (nSPS) is 10.3. The van der Waals surface area contributed by atoms with Crippen LogP contribution in [0.1, 0.15) is 16.7 Å². The number of rotatable bonds is 5. The fraction of sp³-hybridized carbons (Fsp3) is 0.250. The first kappa shape index (κ1) is 13.0. The number of benzene rings is 2. The molecule has 0 aliphatic rings. The van der Waals surface area contributed by atoms with Crippen LogP contribution in [0.4, 0.5) is 0 Å². The van der Waals surface area contributed by atoms with E-state index in [9.17, 15) is 0 Å². The first-order valence-electron chi connectivity index (χ1n) is 6.11. The summed E-state index contributed by atoms with van der Waals surface area (Å²) in [7, 11) is 0. The molecule has 0 fully saturated rings. The van der Waals surface area contributed by atoms with Gasteiger partial charge in [-0.25, -0.2) is 0 Å². The maximum absolute atomic E-state index is 5.75. The highest BCUT2D eigenvalue weighted by Gasteiger charge is 1.97. The maximum Gasteiger partial charge on any atom is 0.119 e. The van der Waals surface area contributed by atoms with Gasteiger partial charge in [-0.3, -0.25) is 0 Å². The van der Waals surface area contributed by atoms with E-state index in [0.29, 0.717) is 12.5 Å². The first-order chi connectivity index (χ1) is 8.78. The molecule has 0 aliphatic carbocycles. The average Bonchev–Trinajstić information content (AvgIpc) is 2.40. The molecule has 0 saturated heterocycles. The van der Waals surface area contributed by atoms with Crippen LogP contribution < -0.4 is 4.74 Å². The molecule has 0 saturated carbocycles. The zero-order valence-corrected chi connectivity index (χ0v) is 11.3. The van der Waals surface area contributed by atoms with Gasteiger partial charge in [-0.1, -0.05) is 36.4 Å². The van der Waals surface area contributed by atoms with Crippen molar-refractivity contribution in [2.24, 2.45) is 0 Å². The lowest BCUT2D eigenvalue weighted by Crippen LogP contribution is -2.01. The van der Waals surface area contributed by atoms with Crippen molar-refractivity contribution in [3.05, 3.63) is 65.2 Å². The molecular formula is C16H17ClO. The average molecular weight is 261 g/mol. The molecule has 0 unspecified atom stereocenters. The highest BCUT2D eigenvalue weighted by molar-refractivity contribution is 6.17. The predicted octanol–water partition coefficient (Wildman–Crippen LogP) is 4.36. The minimum atomic E-state index is 0.570. The number of aryl methyl sites for hydroxylation is 1. The Balaban J connectivity index is 1.84. The number of ether oxygens (including phenoxy) is 1. The quantitative estimate of drug-likeness (QED) is 0.726. The van der Waals surface area contributed by atoms with Gasteiger partial charge in [0.2, 0.25) is 0 Å². The molecule has 0 bridgehead atoms. The Kier molecular flexibility index (Phi) is 4.66. The standard InChI is InChI=1S/C16H17ClO/c1-13-3-2-4-16(11-13)18-10-9-14-5-7-15(12-17)8-6-14/h2-8,11H,9-10,12H2,1H3. The second-order valence-corrected chi connectivity index (χ2v) is 4.63. The van der Waals surface area contributed by atoms with E-state index in [1.165, 1.54) is 11.1 Å². The summed E-state index contributed by atoms with van der Waals surface area (Å²) < 4.78 is 5.72. The van der Waals surface area contributed by atoms with Crippen LogP contribution >= 0.6 is 11.6 Å². The van der Waals surface area contributed by atoms with Crippen molar-refractivity contribution in [2.75, 3.05) is 6.61 Å². The van der Waals surface area contributed by atoms with Crippen molar-refractivity contribution in [2.45, 2.75) is 19.2 Å². The molecule has 2 rings (SSSR count). The molecule has 0 aromatic heterocycles. The smallest absolute Gasteiger partial charge is 0.119 e. The summed E-state index contributed by atoms with van der Waals surface area (Å²) in [6.07, 6.45) is 0.913. The van der Waals surface area contributed by atoms with Crippen LogP contribution in [-0.2, 0) is 12.3 Å². The van der Waals surface area contributed by atoms with Crippen molar-refractivity contribution < 1.29 is 4.74 Å². The monoisotopic (exact) mass is 260 g/mol. The third-order valence-corrected chi connectivity index (χ3v) is 3.13. The van der Waals surface area contributed by atoms with Crippen molar-refractivity contribution in [1.29, 1.82) is 0 Å². The second kappa shape index (κ2) is 6.46. The molecule has 2 heteroatoms. The van der Waals surface area contributed by atoms with Gasteiger partial charge in [0.05, 0.1) is 6.61 Å². The molecule has 94 valence electrons. The molecule has 1 nitrogen and oxygen atoms in total. The third kappa shape index (κ3) is 3.78. The van der Waals surface area contributed by atoms with Gasteiger partial charge in [-0.05, 0) is 35.7 Å². The fourth-order valence-electron chi connectivity index (χ4n) is 1.79.